The fraction of sp³-hybridized carbons (Fsp3) is 0.600. The van der Waals surface area contributed by atoms with Gasteiger partial charge in [-0.15, -0.1) is 0 Å². The van der Waals surface area contributed by atoms with Crippen molar-refractivity contribution in [1.29, 1.82) is 0 Å². The van der Waals surface area contributed by atoms with Crippen molar-refractivity contribution in [3.05, 3.63) is 12.2 Å². The van der Waals surface area contributed by atoms with Crippen LogP contribution in [0.25, 0.3) is 0 Å². The summed E-state index contributed by atoms with van der Waals surface area (Å²) in [5.74, 6) is 4.72. The molecule has 0 unspecified atom stereocenters. The Kier molecular flexibility index (Phi) is 5.39. The monoisotopic (exact) mass is 101 g/mol. The maximum atomic E-state index is 4.72. The van der Waals surface area contributed by atoms with Gasteiger partial charge in [-0.3, -0.25) is 0 Å². The topological polar surface area (TPSA) is 35.2 Å². The number of nitrogens with two attached hydrogens (primary N) is 1. The Labute approximate surface area is 43.9 Å². The largest absolute Gasteiger partial charge is 0.300 e. The van der Waals surface area contributed by atoms with E-state index in [0.29, 0.717) is 6.61 Å². The van der Waals surface area contributed by atoms with E-state index < -0.39 is 0 Å². The molecule has 0 aromatic heterocycles. The third-order valence-electron chi connectivity index (χ3n) is 0.595. The second-order valence-electron chi connectivity index (χ2n) is 1.21. The molecular formula is C5H11NO. The van der Waals surface area contributed by atoms with Crippen molar-refractivity contribution in [1.82, 2.24) is 0 Å². The fourth-order valence-electron chi connectivity index (χ4n) is 0.290. The van der Waals surface area contributed by atoms with Crippen LogP contribution in [0.2, 0.25) is 0 Å². The van der Waals surface area contributed by atoms with Crippen molar-refractivity contribution in [3.8, 4) is 0 Å². The first-order valence-corrected chi connectivity index (χ1v) is 2.38. The molecule has 0 amide bonds. The quantitative estimate of drug-likeness (QED) is 0.422. The molecule has 0 saturated carbocycles. The zero-order chi connectivity index (χ0) is 5.54. The minimum Gasteiger partial charge on any atom is -0.300 e. The lowest BCUT2D eigenvalue weighted by Crippen LogP contribution is -1.96. The van der Waals surface area contributed by atoms with E-state index >= 15 is 0 Å². The maximum absolute atomic E-state index is 4.72. The first-order chi connectivity index (χ1) is 3.41. The van der Waals surface area contributed by atoms with E-state index in [9.17, 15) is 0 Å². The lowest BCUT2D eigenvalue weighted by molar-refractivity contribution is 0.168. The molecule has 0 radical (unpaired) electrons. The van der Waals surface area contributed by atoms with Gasteiger partial charge < -0.3 is 4.84 Å². The Hall–Kier alpha value is -0.340. The van der Waals surface area contributed by atoms with Crippen LogP contribution in [-0.2, 0) is 4.84 Å². The summed E-state index contributed by atoms with van der Waals surface area (Å²) in [5, 5.41) is 0. The molecule has 42 valence electrons. The Morgan fingerprint density at radius 3 is 2.71 bits per heavy atom. The molecule has 0 aliphatic heterocycles. The predicted octanol–water partition coefficient (Wildman–Crippen LogP) is 0.843. The van der Waals surface area contributed by atoms with Gasteiger partial charge in [-0.05, 0) is 6.42 Å². The Morgan fingerprint density at radius 2 is 2.29 bits per heavy atom. The molecule has 0 saturated heterocycles. The van der Waals surface area contributed by atoms with Crippen molar-refractivity contribution < 1.29 is 4.84 Å². The second-order valence-corrected chi connectivity index (χ2v) is 1.21. The highest BCUT2D eigenvalue weighted by atomic mass is 16.6. The molecule has 0 aromatic rings. The number of allylic oxidation sites excluding steroid dienone is 1. The number of hydrogen-bond donors (Lipinski definition) is 1. The van der Waals surface area contributed by atoms with E-state index in [-0.39, 0.29) is 0 Å². The van der Waals surface area contributed by atoms with Crippen LogP contribution >= 0.6 is 0 Å². The summed E-state index contributed by atoms with van der Waals surface area (Å²) in [6.45, 7) is 2.58. The molecule has 0 spiro atoms. The molecule has 0 atom stereocenters. The molecule has 0 aliphatic carbocycles. The summed E-state index contributed by atoms with van der Waals surface area (Å²) in [7, 11) is 0. The molecule has 0 fully saturated rings. The Balaban J connectivity index is 2.78. The van der Waals surface area contributed by atoms with Gasteiger partial charge in [-0.2, -0.15) is 0 Å². The average Bonchev–Trinajstić information content (AvgIpc) is 1.69. The van der Waals surface area contributed by atoms with Gasteiger partial charge in [-0.1, -0.05) is 19.1 Å². The van der Waals surface area contributed by atoms with Crippen molar-refractivity contribution in [3.63, 3.8) is 0 Å². The summed E-state index contributed by atoms with van der Waals surface area (Å²) < 4.78 is 0. The van der Waals surface area contributed by atoms with Gasteiger partial charge in [0.2, 0.25) is 0 Å². The summed E-state index contributed by atoms with van der Waals surface area (Å²) in [6, 6.07) is 0. The molecule has 0 heterocycles. The maximum Gasteiger partial charge on any atom is 0.0860 e. The van der Waals surface area contributed by atoms with Crippen LogP contribution in [0.4, 0.5) is 0 Å². The molecule has 2 heteroatoms. The number of rotatable bonds is 3. The summed E-state index contributed by atoms with van der Waals surface area (Å²) in [6.07, 6.45) is 4.94. The third-order valence-corrected chi connectivity index (χ3v) is 0.595. The first kappa shape index (κ1) is 6.66. The third kappa shape index (κ3) is 5.66. The molecule has 2 nitrogen and oxygen atoms in total. The average molecular weight is 101 g/mol. The van der Waals surface area contributed by atoms with Crippen molar-refractivity contribution in [2.24, 2.45) is 5.90 Å². The molecule has 0 bridgehead atoms. The zero-order valence-electron chi connectivity index (χ0n) is 4.55. The van der Waals surface area contributed by atoms with Crippen LogP contribution in [0.5, 0.6) is 0 Å². The van der Waals surface area contributed by atoms with E-state index in [2.05, 4.69) is 11.8 Å². The van der Waals surface area contributed by atoms with Crippen molar-refractivity contribution in [2.75, 3.05) is 6.61 Å². The lowest BCUT2D eigenvalue weighted by Gasteiger charge is -1.83. The van der Waals surface area contributed by atoms with E-state index in [4.69, 9.17) is 5.90 Å². The van der Waals surface area contributed by atoms with Crippen LogP contribution in [0, 0.1) is 0 Å². The van der Waals surface area contributed by atoms with E-state index in [1.807, 2.05) is 12.2 Å². The van der Waals surface area contributed by atoms with Crippen molar-refractivity contribution in [2.45, 2.75) is 13.3 Å². The second kappa shape index (κ2) is 5.66. The van der Waals surface area contributed by atoms with Gasteiger partial charge in [0, 0.05) is 0 Å². The van der Waals surface area contributed by atoms with E-state index in [1.165, 1.54) is 0 Å². The van der Waals surface area contributed by atoms with Crippen LogP contribution < -0.4 is 5.90 Å². The van der Waals surface area contributed by atoms with Gasteiger partial charge >= 0.3 is 0 Å². The van der Waals surface area contributed by atoms with Crippen LogP contribution in [0.1, 0.15) is 13.3 Å². The molecule has 0 aromatic carbocycles. The standard InChI is InChI=1S/C5H11NO/c1-2-3-4-5-7-6/h3-4H,2,5-6H2,1H3/b4-3+. The minimum atomic E-state index is 0.522. The summed E-state index contributed by atoms with van der Waals surface area (Å²) in [4.78, 5) is 4.26. The van der Waals surface area contributed by atoms with Crippen LogP contribution in [0.15, 0.2) is 12.2 Å². The Bertz CT molecular complexity index is 52.0. The summed E-state index contributed by atoms with van der Waals surface area (Å²) >= 11 is 0. The highest BCUT2D eigenvalue weighted by molar-refractivity contribution is 4.78. The molecule has 0 aliphatic rings. The molecule has 0 rings (SSSR count). The van der Waals surface area contributed by atoms with Crippen molar-refractivity contribution >= 4 is 0 Å². The number of hydrogen-bond acceptors (Lipinski definition) is 2. The highest BCUT2D eigenvalue weighted by Crippen LogP contribution is 1.76. The molecule has 2 N–H and O–H groups in total. The zero-order valence-corrected chi connectivity index (χ0v) is 4.55. The van der Waals surface area contributed by atoms with Crippen LogP contribution in [-0.4, -0.2) is 6.61 Å². The SMILES string of the molecule is CC/C=C/CON. The van der Waals surface area contributed by atoms with Gasteiger partial charge in [0.15, 0.2) is 0 Å². The Morgan fingerprint density at radius 1 is 1.57 bits per heavy atom. The fourth-order valence-corrected chi connectivity index (χ4v) is 0.290. The van der Waals surface area contributed by atoms with E-state index in [1.54, 1.807) is 0 Å². The smallest absolute Gasteiger partial charge is 0.0860 e. The van der Waals surface area contributed by atoms with Gasteiger partial charge in [0.1, 0.15) is 0 Å². The van der Waals surface area contributed by atoms with Gasteiger partial charge in [0.05, 0.1) is 6.61 Å². The van der Waals surface area contributed by atoms with Gasteiger partial charge in [-0.25, -0.2) is 5.90 Å². The normalized spacial score (nSPS) is 10.6. The van der Waals surface area contributed by atoms with Gasteiger partial charge in [0.25, 0.3) is 0 Å². The molecular weight excluding hydrogens is 90.1 g/mol. The minimum absolute atomic E-state index is 0.522. The lowest BCUT2D eigenvalue weighted by atomic mass is 10.4. The van der Waals surface area contributed by atoms with E-state index in [0.717, 1.165) is 6.42 Å². The highest BCUT2D eigenvalue weighted by Gasteiger charge is 1.67. The molecule has 7 heavy (non-hydrogen) atoms. The predicted molar refractivity (Wildman–Crippen MR) is 29.6 cm³/mol. The summed E-state index contributed by atoms with van der Waals surface area (Å²) in [5.41, 5.74) is 0. The van der Waals surface area contributed by atoms with Crippen LogP contribution in [0.3, 0.4) is 0 Å². The first-order valence-electron chi connectivity index (χ1n) is 2.38.